The molecule has 1 atom stereocenters. The van der Waals surface area contributed by atoms with Crippen molar-refractivity contribution in [2.24, 2.45) is 7.05 Å². The van der Waals surface area contributed by atoms with Crippen LogP contribution in [0.4, 0.5) is 26.3 Å². The Bertz CT molecular complexity index is 766. The van der Waals surface area contributed by atoms with Gasteiger partial charge in [0.1, 0.15) is 20.7 Å². The maximum absolute atomic E-state index is 13.1. The number of nitrogens with zero attached hydrogens (tertiary/aromatic N) is 4. The molecule has 0 saturated heterocycles. The zero-order chi connectivity index (χ0) is 18.3. The fraction of sp³-hybridized carbons (Fsp3) is 0.500. The number of halogens is 6. The van der Waals surface area contributed by atoms with Crippen molar-refractivity contribution in [3.05, 3.63) is 10.7 Å². The van der Waals surface area contributed by atoms with E-state index in [0.717, 1.165) is 18.4 Å². The molecule has 2 heterocycles. The molecular weight excluding hydrogens is 386 g/mol. The molecule has 14 heteroatoms. The van der Waals surface area contributed by atoms with E-state index in [-0.39, 0.29) is 4.34 Å². The van der Waals surface area contributed by atoms with Gasteiger partial charge in [0.15, 0.2) is 12.3 Å². The summed E-state index contributed by atoms with van der Waals surface area (Å²) in [5, 5.41) is 10.4. The molecule has 134 valence electrons. The summed E-state index contributed by atoms with van der Waals surface area (Å²) in [5.41, 5.74) is -1.60. The van der Waals surface area contributed by atoms with Crippen LogP contribution in [-0.4, -0.2) is 37.0 Å². The number of hydrogen-bond acceptors (Lipinski definition) is 6. The van der Waals surface area contributed by atoms with E-state index in [9.17, 15) is 30.6 Å². The van der Waals surface area contributed by atoms with Crippen LogP contribution in [0.1, 0.15) is 10.7 Å². The van der Waals surface area contributed by atoms with E-state index in [4.69, 9.17) is 0 Å². The molecule has 0 spiro atoms. The highest BCUT2D eigenvalue weighted by atomic mass is 32.2. The number of aryl methyl sites for hydroxylation is 2. The second-order valence-electron chi connectivity index (χ2n) is 4.36. The van der Waals surface area contributed by atoms with Gasteiger partial charge in [-0.3, -0.25) is 0 Å². The van der Waals surface area contributed by atoms with Crippen molar-refractivity contribution in [3.63, 3.8) is 0 Å². The number of aromatic nitrogens is 4. The van der Waals surface area contributed by atoms with E-state index in [1.807, 2.05) is 0 Å². The molecule has 0 saturated carbocycles. The lowest BCUT2D eigenvalue weighted by molar-refractivity contribution is -0.154. The molecule has 0 aliphatic heterocycles. The van der Waals surface area contributed by atoms with E-state index in [0.29, 0.717) is 9.69 Å². The SMILES string of the molecule is Cc1nnc(S(=O)c2c(C(F)(F)F)nn(C)c2OCC(F)(F)F)s1. The van der Waals surface area contributed by atoms with Crippen LogP contribution in [-0.2, 0) is 24.0 Å². The highest BCUT2D eigenvalue weighted by Gasteiger charge is 2.43. The summed E-state index contributed by atoms with van der Waals surface area (Å²) in [6.45, 7) is -0.378. The number of hydrogen-bond donors (Lipinski definition) is 0. The van der Waals surface area contributed by atoms with Crippen LogP contribution in [0.2, 0.25) is 0 Å². The Labute approximate surface area is 136 Å². The molecule has 2 aromatic heterocycles. The summed E-state index contributed by atoms with van der Waals surface area (Å²) in [7, 11) is -1.60. The first-order chi connectivity index (χ1) is 10.9. The molecule has 0 aliphatic rings. The molecule has 0 radical (unpaired) electrons. The van der Waals surface area contributed by atoms with Gasteiger partial charge in [0, 0.05) is 7.05 Å². The van der Waals surface area contributed by atoms with E-state index >= 15 is 0 Å². The summed E-state index contributed by atoms with van der Waals surface area (Å²) < 4.78 is 93.1. The zero-order valence-corrected chi connectivity index (χ0v) is 13.5. The molecule has 2 aromatic rings. The molecule has 0 fully saturated rings. The molecule has 2 rings (SSSR count). The van der Waals surface area contributed by atoms with Crippen LogP contribution in [0.25, 0.3) is 0 Å². The van der Waals surface area contributed by atoms with Crippen molar-refractivity contribution in [1.82, 2.24) is 20.0 Å². The van der Waals surface area contributed by atoms with Crippen LogP contribution in [0, 0.1) is 6.92 Å². The smallest absolute Gasteiger partial charge is 0.436 e. The lowest BCUT2D eigenvalue weighted by atomic mass is 10.4. The quantitative estimate of drug-likeness (QED) is 0.746. The Morgan fingerprint density at radius 2 is 1.83 bits per heavy atom. The third-order valence-electron chi connectivity index (χ3n) is 2.45. The Morgan fingerprint density at radius 1 is 1.21 bits per heavy atom. The molecular formula is C10H8F6N4O2S2. The van der Waals surface area contributed by atoms with E-state index in [2.05, 4.69) is 20.0 Å². The van der Waals surface area contributed by atoms with Crippen LogP contribution in [0.15, 0.2) is 9.24 Å². The van der Waals surface area contributed by atoms with Crippen LogP contribution >= 0.6 is 11.3 Å². The molecule has 0 aliphatic carbocycles. The number of ether oxygens (including phenoxy) is 1. The molecule has 24 heavy (non-hydrogen) atoms. The van der Waals surface area contributed by atoms with Crippen molar-refractivity contribution in [2.45, 2.75) is 28.5 Å². The second-order valence-corrected chi connectivity index (χ2v) is 7.14. The lowest BCUT2D eigenvalue weighted by Gasteiger charge is -2.10. The highest BCUT2D eigenvalue weighted by Crippen LogP contribution is 2.39. The van der Waals surface area contributed by atoms with Gasteiger partial charge in [0.2, 0.25) is 10.2 Å². The van der Waals surface area contributed by atoms with Gasteiger partial charge in [-0.15, -0.1) is 10.2 Å². The van der Waals surface area contributed by atoms with Crippen LogP contribution in [0.3, 0.4) is 0 Å². The minimum Gasteiger partial charge on any atom is -0.467 e. The number of rotatable bonds is 4. The molecule has 1 unspecified atom stereocenters. The van der Waals surface area contributed by atoms with Gasteiger partial charge in [-0.05, 0) is 6.92 Å². The van der Waals surface area contributed by atoms with Gasteiger partial charge < -0.3 is 4.74 Å². The molecule has 6 nitrogen and oxygen atoms in total. The second kappa shape index (κ2) is 6.31. The fourth-order valence-electron chi connectivity index (χ4n) is 1.59. The van der Waals surface area contributed by atoms with Crippen molar-refractivity contribution in [2.75, 3.05) is 6.61 Å². The highest BCUT2D eigenvalue weighted by molar-refractivity contribution is 7.87. The molecule has 0 N–H and O–H groups in total. The van der Waals surface area contributed by atoms with Gasteiger partial charge in [0.05, 0.1) is 0 Å². The standard InChI is InChI=1S/C10H8F6N4O2S2/c1-4-17-18-8(23-4)24(21)5-6(10(14,15)16)19-20(2)7(5)22-3-9(11,12)13/h3H2,1-2H3. The third-order valence-corrected chi connectivity index (χ3v) is 4.92. The first kappa shape index (κ1) is 18.6. The predicted molar refractivity (Wildman–Crippen MR) is 69.1 cm³/mol. The van der Waals surface area contributed by atoms with E-state index in [1.165, 1.54) is 6.92 Å². The van der Waals surface area contributed by atoms with Crippen molar-refractivity contribution in [3.8, 4) is 5.88 Å². The maximum Gasteiger partial charge on any atom is 0.436 e. The first-order valence-corrected chi connectivity index (χ1v) is 7.92. The van der Waals surface area contributed by atoms with Crippen molar-refractivity contribution < 1.29 is 35.3 Å². The van der Waals surface area contributed by atoms with Crippen molar-refractivity contribution >= 4 is 22.1 Å². The predicted octanol–water partition coefficient (Wildman–Crippen LogP) is 2.71. The monoisotopic (exact) mass is 394 g/mol. The van der Waals surface area contributed by atoms with Gasteiger partial charge in [-0.2, -0.15) is 31.4 Å². The Hall–Kier alpha value is -1.70. The van der Waals surface area contributed by atoms with E-state index in [1.54, 1.807) is 0 Å². The van der Waals surface area contributed by atoms with Gasteiger partial charge in [0.25, 0.3) is 0 Å². The van der Waals surface area contributed by atoms with E-state index < -0.39 is 46.2 Å². The van der Waals surface area contributed by atoms with Gasteiger partial charge in [-0.25, -0.2) is 8.89 Å². The molecule has 0 bridgehead atoms. The Kier molecular flexibility index (Phi) is 4.90. The Balaban J connectivity index is 2.54. The van der Waals surface area contributed by atoms with Gasteiger partial charge in [-0.1, -0.05) is 11.3 Å². The maximum atomic E-state index is 13.1. The van der Waals surface area contributed by atoms with Gasteiger partial charge >= 0.3 is 12.4 Å². The minimum atomic E-state index is -5.04. The summed E-state index contributed by atoms with van der Waals surface area (Å²) in [6.07, 6.45) is -9.83. The summed E-state index contributed by atoms with van der Waals surface area (Å²) in [6, 6.07) is 0. The Morgan fingerprint density at radius 3 is 2.29 bits per heavy atom. The molecule has 0 aromatic carbocycles. The lowest BCUT2D eigenvalue weighted by Crippen LogP contribution is -2.21. The fourth-order valence-corrected chi connectivity index (χ4v) is 3.89. The summed E-state index contributed by atoms with van der Waals surface area (Å²) in [4.78, 5) is -1.02. The normalized spacial score (nSPS) is 14.0. The average molecular weight is 394 g/mol. The zero-order valence-electron chi connectivity index (χ0n) is 11.9. The average Bonchev–Trinajstić information content (AvgIpc) is 2.98. The number of alkyl halides is 6. The summed E-state index contributed by atoms with van der Waals surface area (Å²) >= 11 is 0.747. The minimum absolute atomic E-state index is 0.303. The topological polar surface area (TPSA) is 69.9 Å². The third kappa shape index (κ3) is 4.03. The summed E-state index contributed by atoms with van der Waals surface area (Å²) in [5.74, 6) is -0.897. The first-order valence-electron chi connectivity index (χ1n) is 5.96. The molecule has 0 amide bonds. The van der Waals surface area contributed by atoms with Crippen LogP contribution in [0.5, 0.6) is 5.88 Å². The van der Waals surface area contributed by atoms with Crippen molar-refractivity contribution in [1.29, 1.82) is 0 Å². The van der Waals surface area contributed by atoms with Crippen LogP contribution < -0.4 is 4.74 Å². The largest absolute Gasteiger partial charge is 0.467 e.